The zero-order valence-corrected chi connectivity index (χ0v) is 27.1. The zero-order valence-electron chi connectivity index (χ0n) is 26.3. The standard InChI is InChI=1S/C30H49ClN8O7/c1-2-3-4-7-14-39(17-21(41)24(43)25(44)22(42)18-40)15-16-46-20-11-9-19(10-12-20)8-5-6-13-35-30(34)38-29(45)23-27(32)37-28(33)26(31)36-23/h9-12,21-22,24-25,40-44H,2-8,13-18H2,1H3,(H4,32,33,37)(H3,34,35,38,45)/p+1/t21-,22+,24-,25+/m1/s1. The van der Waals surface area contributed by atoms with Crippen LogP contribution in [0.15, 0.2) is 29.3 Å². The fraction of sp³-hybridized carbons (Fsp3) is 0.600. The van der Waals surface area contributed by atoms with Gasteiger partial charge in [-0.2, -0.15) is 0 Å². The summed E-state index contributed by atoms with van der Waals surface area (Å²) in [7, 11) is 0. The molecule has 0 radical (unpaired) electrons. The number of guanidine groups is 1. The molecule has 2 rings (SSSR count). The van der Waals surface area contributed by atoms with Crippen molar-refractivity contribution in [2.24, 2.45) is 10.7 Å². The number of rotatable bonds is 21. The predicted molar refractivity (Wildman–Crippen MR) is 178 cm³/mol. The molecule has 0 saturated heterocycles. The minimum Gasteiger partial charge on any atom is -0.492 e. The van der Waals surface area contributed by atoms with E-state index in [1.165, 1.54) is 0 Å². The Hall–Kier alpha value is -3.31. The van der Waals surface area contributed by atoms with E-state index in [0.717, 1.165) is 50.5 Å². The highest BCUT2D eigenvalue weighted by molar-refractivity contribution is 6.31. The molecular formula is C30H50ClN8O7+. The van der Waals surface area contributed by atoms with Gasteiger partial charge in [0.05, 0.1) is 6.10 Å². The number of nitrogens with two attached hydrogens (primary N) is 3. The summed E-state index contributed by atoms with van der Waals surface area (Å²) in [5.41, 5.74) is 17.9. The Kier molecular flexibility index (Phi) is 17.5. The molecule has 0 aliphatic carbocycles. The van der Waals surface area contributed by atoms with Crippen LogP contribution < -0.4 is 27.3 Å². The monoisotopic (exact) mass is 669 g/mol. The Balaban J connectivity index is 1.76. The highest BCUT2D eigenvalue weighted by atomic mass is 35.5. The van der Waals surface area contributed by atoms with E-state index in [2.05, 4.69) is 27.2 Å². The Morgan fingerprint density at radius 3 is 2.37 bits per heavy atom. The topological polar surface area (TPSA) is 262 Å². The number of aryl methyl sites for hydroxylation is 1. The molecule has 13 N–H and O–H groups in total. The molecule has 2 aromatic rings. The van der Waals surface area contributed by atoms with Crippen molar-refractivity contribution in [3.05, 3.63) is 40.7 Å². The van der Waals surface area contributed by atoms with Crippen LogP contribution in [-0.4, -0.2) is 116 Å². The summed E-state index contributed by atoms with van der Waals surface area (Å²) in [6, 6.07) is 7.75. The van der Waals surface area contributed by atoms with Crippen LogP contribution in [0.25, 0.3) is 0 Å². The van der Waals surface area contributed by atoms with E-state index in [0.29, 0.717) is 32.0 Å². The molecule has 0 unspecified atom stereocenters. The first kappa shape index (κ1) is 38.9. The van der Waals surface area contributed by atoms with Crippen LogP contribution in [0.1, 0.15) is 61.5 Å². The molecule has 1 aromatic carbocycles. The van der Waals surface area contributed by atoms with Crippen molar-refractivity contribution < 1.29 is 35.1 Å². The summed E-state index contributed by atoms with van der Waals surface area (Å²) >= 11 is 5.81. The number of unbranched alkanes of at least 4 members (excludes halogenated alkanes) is 4. The summed E-state index contributed by atoms with van der Waals surface area (Å²) in [5.74, 6) is -0.320. The minimum atomic E-state index is -1.60. The predicted octanol–water partition coefficient (Wildman–Crippen LogP) is -0.209. The first-order valence-electron chi connectivity index (χ1n) is 15.5. The van der Waals surface area contributed by atoms with Gasteiger partial charge in [-0.05, 0) is 49.9 Å². The first-order chi connectivity index (χ1) is 22.0. The third-order valence-electron chi connectivity index (χ3n) is 7.24. The lowest BCUT2D eigenvalue weighted by atomic mass is 10.0. The Morgan fingerprint density at radius 1 is 1.00 bits per heavy atom. The van der Waals surface area contributed by atoms with E-state index in [1.54, 1.807) is 0 Å². The normalized spacial score (nSPS) is 14.6. The number of ether oxygens (including phenoxy) is 1. The van der Waals surface area contributed by atoms with Crippen LogP contribution in [0.3, 0.4) is 0 Å². The number of benzene rings is 1. The summed E-state index contributed by atoms with van der Waals surface area (Å²) < 4.78 is 5.92. The van der Waals surface area contributed by atoms with Crippen LogP contribution in [-0.2, 0) is 6.42 Å². The second-order valence-electron chi connectivity index (χ2n) is 11.0. The minimum absolute atomic E-state index is 0.0774. The number of hydrogen-bond acceptors (Lipinski definition) is 12. The molecule has 0 fully saturated rings. The molecule has 46 heavy (non-hydrogen) atoms. The average Bonchev–Trinajstić information content (AvgIpc) is 3.03. The molecule has 1 amide bonds. The molecule has 0 spiro atoms. The summed E-state index contributed by atoms with van der Waals surface area (Å²) in [6.45, 7) is 3.69. The summed E-state index contributed by atoms with van der Waals surface area (Å²) in [5, 5.41) is 49.8. The fourth-order valence-electron chi connectivity index (χ4n) is 4.51. The van der Waals surface area contributed by atoms with Gasteiger partial charge in [0.15, 0.2) is 41.2 Å². The van der Waals surface area contributed by atoms with Gasteiger partial charge in [-0.1, -0.05) is 49.9 Å². The molecule has 1 aromatic heterocycles. The maximum absolute atomic E-state index is 12.3. The zero-order chi connectivity index (χ0) is 34.1. The van der Waals surface area contributed by atoms with Crippen LogP contribution >= 0.6 is 11.6 Å². The van der Waals surface area contributed by atoms with Crippen molar-refractivity contribution in [2.75, 3.05) is 50.9 Å². The quantitative estimate of drug-likeness (QED) is 0.0372. The Bertz CT molecular complexity index is 1220. The molecule has 0 aliphatic rings. The number of aliphatic imine (C=N–C) groups is 1. The van der Waals surface area contributed by atoms with E-state index >= 15 is 0 Å². The van der Waals surface area contributed by atoms with Crippen molar-refractivity contribution in [3.63, 3.8) is 0 Å². The molecule has 16 heteroatoms. The highest BCUT2D eigenvalue weighted by Gasteiger charge is 2.32. The largest absolute Gasteiger partial charge is 0.492 e. The van der Waals surface area contributed by atoms with Crippen molar-refractivity contribution in [1.82, 2.24) is 20.2 Å². The smallest absolute Gasteiger partial charge is 0.280 e. The Labute approximate surface area is 274 Å². The van der Waals surface area contributed by atoms with Gasteiger partial charge >= 0.3 is 0 Å². The van der Waals surface area contributed by atoms with Crippen LogP contribution in [0.4, 0.5) is 11.6 Å². The van der Waals surface area contributed by atoms with Gasteiger partial charge in [0.1, 0.15) is 24.6 Å². The Morgan fingerprint density at radius 2 is 1.70 bits per heavy atom. The second-order valence-corrected chi connectivity index (χ2v) is 11.3. The number of hydrogen-bond donors (Lipinski definition) is 8. The fourth-order valence-corrected chi connectivity index (χ4v) is 4.64. The molecule has 0 aliphatic heterocycles. The van der Waals surface area contributed by atoms with Gasteiger partial charge in [0.2, 0.25) is 0 Å². The van der Waals surface area contributed by atoms with Crippen molar-refractivity contribution >= 4 is 35.1 Å². The SMILES string of the molecule is CCCCCCN(CCOc1ccc(CCCCN=C(N)NC(=O)c2nc(Cl)c(N)nc2N)cc1)C[C@@H](O)[C@@H](O)[C@@H](O)[C@@H](O)C[OH2+]. The number of carbonyl (C=O) groups excluding carboxylic acids is 1. The third kappa shape index (κ3) is 13.6. The molecule has 4 atom stereocenters. The van der Waals surface area contributed by atoms with Gasteiger partial charge < -0.3 is 47.5 Å². The molecule has 0 saturated carbocycles. The highest BCUT2D eigenvalue weighted by Crippen LogP contribution is 2.17. The van der Waals surface area contributed by atoms with Crippen LogP contribution in [0.5, 0.6) is 5.75 Å². The molecule has 258 valence electrons. The number of aliphatic hydroxyl groups is 4. The lowest BCUT2D eigenvalue weighted by Crippen LogP contribution is -2.50. The lowest BCUT2D eigenvalue weighted by Gasteiger charge is -2.30. The van der Waals surface area contributed by atoms with E-state index in [1.807, 2.05) is 29.2 Å². The second kappa shape index (κ2) is 20.7. The van der Waals surface area contributed by atoms with Crippen LogP contribution in [0.2, 0.25) is 5.15 Å². The van der Waals surface area contributed by atoms with Gasteiger partial charge in [0.25, 0.3) is 5.91 Å². The third-order valence-corrected chi connectivity index (χ3v) is 7.52. The van der Waals surface area contributed by atoms with Crippen LogP contribution in [0, 0.1) is 0 Å². The van der Waals surface area contributed by atoms with Gasteiger partial charge in [0, 0.05) is 19.6 Å². The number of carbonyl (C=O) groups is 1. The number of nitrogens with one attached hydrogen (secondary N) is 1. The lowest BCUT2D eigenvalue weighted by molar-refractivity contribution is -0.119. The number of aromatic nitrogens is 2. The van der Waals surface area contributed by atoms with Crippen molar-refractivity contribution in [1.29, 1.82) is 0 Å². The van der Waals surface area contributed by atoms with Crippen molar-refractivity contribution in [2.45, 2.75) is 76.3 Å². The van der Waals surface area contributed by atoms with E-state index in [4.69, 9.17) is 38.6 Å². The summed E-state index contributed by atoms with van der Waals surface area (Å²) in [6.07, 6.45) is 0.652. The van der Waals surface area contributed by atoms with Crippen molar-refractivity contribution in [3.8, 4) is 5.75 Å². The number of halogens is 1. The van der Waals surface area contributed by atoms with E-state index in [9.17, 15) is 25.2 Å². The maximum atomic E-state index is 12.3. The molecular weight excluding hydrogens is 620 g/mol. The van der Waals surface area contributed by atoms with Gasteiger partial charge in [-0.3, -0.25) is 20.0 Å². The van der Waals surface area contributed by atoms with E-state index in [-0.39, 0.29) is 35.0 Å². The number of aliphatic hydroxyl groups excluding tert-OH is 4. The number of nitrogens with zero attached hydrogens (tertiary/aromatic N) is 4. The average molecular weight is 670 g/mol. The number of nitrogen functional groups attached to an aromatic ring is 2. The first-order valence-corrected chi connectivity index (χ1v) is 15.8. The number of anilines is 2. The molecule has 1 heterocycles. The van der Waals surface area contributed by atoms with E-state index < -0.39 is 36.9 Å². The maximum Gasteiger partial charge on any atom is 0.280 e. The molecule has 15 nitrogen and oxygen atoms in total. The summed E-state index contributed by atoms with van der Waals surface area (Å²) in [4.78, 5) is 26.0. The molecule has 0 bridgehead atoms. The number of amides is 1. The van der Waals surface area contributed by atoms with Gasteiger partial charge in [-0.25, -0.2) is 9.97 Å². The van der Waals surface area contributed by atoms with Gasteiger partial charge in [-0.15, -0.1) is 0 Å².